The van der Waals surface area contributed by atoms with Gasteiger partial charge in [-0.05, 0) is 34.9 Å². The fourth-order valence-electron chi connectivity index (χ4n) is 3.06. The lowest BCUT2D eigenvalue weighted by molar-refractivity contribution is -0.384. The molecule has 170 valence electrons. The van der Waals surface area contributed by atoms with Crippen molar-refractivity contribution in [2.24, 2.45) is 16.5 Å². The van der Waals surface area contributed by atoms with Crippen molar-refractivity contribution in [1.82, 2.24) is 4.90 Å². The molecule has 2 amide bonds. The summed E-state index contributed by atoms with van der Waals surface area (Å²) in [5.74, 6) is 0.0195. The van der Waals surface area contributed by atoms with Gasteiger partial charge in [-0.15, -0.1) is 0 Å². The van der Waals surface area contributed by atoms with E-state index < -0.39 is 11.0 Å². The van der Waals surface area contributed by atoms with E-state index in [2.05, 4.69) is 10.3 Å². The third-order valence-electron chi connectivity index (χ3n) is 4.72. The van der Waals surface area contributed by atoms with Crippen molar-refractivity contribution in [2.75, 3.05) is 5.32 Å². The van der Waals surface area contributed by atoms with Crippen LogP contribution in [0.15, 0.2) is 77.8 Å². The number of anilines is 1. The van der Waals surface area contributed by atoms with Crippen molar-refractivity contribution in [1.29, 1.82) is 0 Å². The molecule has 0 aliphatic rings. The normalized spacial score (nSPS) is 10.3. The van der Waals surface area contributed by atoms with Gasteiger partial charge in [0, 0.05) is 35.9 Å². The van der Waals surface area contributed by atoms with E-state index in [9.17, 15) is 14.9 Å². The molecule has 3 aromatic rings. The van der Waals surface area contributed by atoms with E-state index in [0.29, 0.717) is 30.3 Å². The van der Waals surface area contributed by atoms with Crippen LogP contribution in [0, 0.1) is 10.1 Å². The topological polar surface area (TPSA) is 140 Å². The number of nitrogens with zero attached hydrogens (tertiary/aromatic N) is 3. The minimum atomic E-state index is -0.509. The van der Waals surface area contributed by atoms with Crippen LogP contribution in [0.5, 0.6) is 0 Å². The Bertz CT molecular complexity index is 1150. The maximum Gasteiger partial charge on any atom is 0.322 e. The Morgan fingerprint density at radius 2 is 1.55 bits per heavy atom. The maximum atomic E-state index is 13.1. The number of benzene rings is 3. The summed E-state index contributed by atoms with van der Waals surface area (Å²) < 4.78 is 0. The number of guanidine groups is 1. The molecule has 0 unspecified atom stereocenters. The zero-order valence-electron chi connectivity index (χ0n) is 17.6. The molecule has 0 fully saturated rings. The van der Waals surface area contributed by atoms with Crippen molar-refractivity contribution in [3.8, 4) is 0 Å². The quantitative estimate of drug-likeness (QED) is 0.197. The van der Waals surface area contributed by atoms with Gasteiger partial charge >= 0.3 is 6.03 Å². The van der Waals surface area contributed by atoms with Crippen LogP contribution < -0.4 is 16.8 Å². The number of hydrogen-bond donors (Lipinski definition) is 3. The number of hydrogen-bond acceptors (Lipinski definition) is 4. The Labute approximate surface area is 195 Å². The highest BCUT2D eigenvalue weighted by atomic mass is 35.5. The van der Waals surface area contributed by atoms with Crippen LogP contribution in [0.3, 0.4) is 0 Å². The van der Waals surface area contributed by atoms with Gasteiger partial charge < -0.3 is 21.7 Å². The van der Waals surface area contributed by atoms with Crippen molar-refractivity contribution in [2.45, 2.75) is 19.6 Å². The third kappa shape index (κ3) is 7.22. The Balaban J connectivity index is 1.79. The first-order chi connectivity index (χ1) is 15.8. The SMILES string of the molecule is NC(N)=NCc1ccc(CN(Cc2ccc(Cl)cc2)C(=O)Nc2cccc([N+](=O)[O-])c2)cc1. The zero-order valence-corrected chi connectivity index (χ0v) is 18.4. The zero-order chi connectivity index (χ0) is 23.8. The van der Waals surface area contributed by atoms with Crippen molar-refractivity contribution >= 4 is 35.0 Å². The molecule has 0 spiro atoms. The number of non-ortho nitro benzene ring substituents is 1. The Morgan fingerprint density at radius 3 is 2.12 bits per heavy atom. The molecule has 3 aromatic carbocycles. The Kier molecular flexibility index (Phi) is 7.82. The average molecular weight is 467 g/mol. The van der Waals surface area contributed by atoms with Gasteiger partial charge in [0.1, 0.15) is 0 Å². The Hall–Kier alpha value is -4.11. The van der Waals surface area contributed by atoms with Crippen LogP contribution in [0.4, 0.5) is 16.2 Å². The Morgan fingerprint density at radius 1 is 0.970 bits per heavy atom. The predicted molar refractivity (Wildman–Crippen MR) is 129 cm³/mol. The lowest BCUT2D eigenvalue weighted by Gasteiger charge is -2.24. The maximum absolute atomic E-state index is 13.1. The molecular weight excluding hydrogens is 444 g/mol. The number of rotatable bonds is 8. The fraction of sp³-hybridized carbons (Fsp3) is 0.130. The molecule has 0 heterocycles. The molecule has 0 radical (unpaired) electrons. The predicted octanol–water partition coefficient (Wildman–Crippen LogP) is 4.26. The molecule has 33 heavy (non-hydrogen) atoms. The second kappa shape index (κ2) is 11.0. The molecule has 0 saturated heterocycles. The van der Waals surface area contributed by atoms with Crippen LogP contribution >= 0.6 is 11.6 Å². The van der Waals surface area contributed by atoms with E-state index >= 15 is 0 Å². The highest BCUT2D eigenvalue weighted by Crippen LogP contribution is 2.19. The summed E-state index contributed by atoms with van der Waals surface area (Å²) in [5, 5.41) is 14.4. The first-order valence-electron chi connectivity index (χ1n) is 9.98. The minimum Gasteiger partial charge on any atom is -0.370 e. The van der Waals surface area contributed by atoms with Crippen LogP contribution in [0.25, 0.3) is 0 Å². The molecule has 0 saturated carbocycles. The monoisotopic (exact) mass is 466 g/mol. The second-order valence-corrected chi connectivity index (χ2v) is 7.71. The summed E-state index contributed by atoms with van der Waals surface area (Å²) in [7, 11) is 0. The number of carbonyl (C=O) groups excluding carboxylic acids is 1. The fourth-order valence-corrected chi connectivity index (χ4v) is 3.19. The van der Waals surface area contributed by atoms with Gasteiger partial charge in [-0.25, -0.2) is 9.79 Å². The highest BCUT2D eigenvalue weighted by Gasteiger charge is 2.16. The van der Waals surface area contributed by atoms with Crippen LogP contribution in [0.1, 0.15) is 16.7 Å². The first-order valence-corrected chi connectivity index (χ1v) is 10.4. The lowest BCUT2D eigenvalue weighted by atomic mass is 10.1. The molecule has 0 aromatic heterocycles. The number of amides is 2. The first kappa shape index (κ1) is 23.6. The van der Waals surface area contributed by atoms with Gasteiger partial charge in [0.2, 0.25) is 0 Å². The van der Waals surface area contributed by atoms with E-state index in [-0.39, 0.29) is 11.6 Å². The molecule has 0 aliphatic heterocycles. The van der Waals surface area contributed by atoms with Gasteiger partial charge in [-0.3, -0.25) is 10.1 Å². The van der Waals surface area contributed by atoms with Crippen LogP contribution in [-0.4, -0.2) is 21.8 Å². The number of halogens is 1. The van der Waals surface area contributed by atoms with E-state index in [1.165, 1.54) is 18.2 Å². The summed E-state index contributed by atoms with van der Waals surface area (Å²) in [6.07, 6.45) is 0. The van der Waals surface area contributed by atoms with E-state index in [1.54, 1.807) is 23.1 Å². The molecule has 0 atom stereocenters. The van der Waals surface area contributed by atoms with E-state index in [4.69, 9.17) is 23.1 Å². The van der Waals surface area contributed by atoms with Crippen molar-refractivity contribution < 1.29 is 9.72 Å². The van der Waals surface area contributed by atoms with Gasteiger partial charge in [0.15, 0.2) is 5.96 Å². The van der Waals surface area contributed by atoms with Gasteiger partial charge in [0.05, 0.1) is 11.5 Å². The molecular formula is C23H23ClN6O3. The summed E-state index contributed by atoms with van der Waals surface area (Å²) in [5.41, 5.74) is 13.7. The molecule has 9 nitrogen and oxygen atoms in total. The second-order valence-electron chi connectivity index (χ2n) is 7.28. The number of urea groups is 1. The number of carbonyl (C=O) groups is 1. The largest absolute Gasteiger partial charge is 0.370 e. The smallest absolute Gasteiger partial charge is 0.322 e. The van der Waals surface area contributed by atoms with E-state index in [0.717, 1.165) is 16.7 Å². The standard InChI is InChI=1S/C23H23ClN6O3/c24-19-10-8-18(9-11-19)15-29(14-17-6-4-16(5-7-17)13-27-22(25)26)23(31)28-20-2-1-3-21(12-20)30(32)33/h1-12H,13-15H2,(H,28,31)(H4,25,26,27). The average Bonchev–Trinajstić information content (AvgIpc) is 2.79. The lowest BCUT2D eigenvalue weighted by Crippen LogP contribution is -2.34. The molecule has 3 rings (SSSR count). The summed E-state index contributed by atoms with van der Waals surface area (Å²) >= 11 is 5.98. The third-order valence-corrected chi connectivity index (χ3v) is 4.97. The molecule has 0 bridgehead atoms. The minimum absolute atomic E-state index is 0.0195. The van der Waals surface area contributed by atoms with Gasteiger partial charge in [-0.2, -0.15) is 0 Å². The molecule has 5 N–H and O–H groups in total. The number of nitro benzene ring substituents is 1. The number of nitrogens with one attached hydrogen (secondary N) is 1. The van der Waals surface area contributed by atoms with Gasteiger partial charge in [0.25, 0.3) is 5.69 Å². The molecule has 10 heteroatoms. The summed E-state index contributed by atoms with van der Waals surface area (Å²) in [6.45, 7) is 0.990. The van der Waals surface area contributed by atoms with E-state index in [1.807, 2.05) is 36.4 Å². The summed E-state index contributed by atoms with van der Waals surface area (Å²) in [4.78, 5) is 29.2. The van der Waals surface area contributed by atoms with Crippen molar-refractivity contribution in [3.63, 3.8) is 0 Å². The molecule has 0 aliphatic carbocycles. The highest BCUT2D eigenvalue weighted by molar-refractivity contribution is 6.30. The van der Waals surface area contributed by atoms with Crippen molar-refractivity contribution in [3.05, 3.63) is 105 Å². The van der Waals surface area contributed by atoms with Crippen LogP contribution in [0.2, 0.25) is 5.02 Å². The van der Waals surface area contributed by atoms with Crippen LogP contribution in [-0.2, 0) is 19.6 Å². The summed E-state index contributed by atoms with van der Waals surface area (Å²) in [6, 6.07) is 20.2. The number of nitrogens with two attached hydrogens (primary N) is 2. The number of aliphatic imine (C=N–C) groups is 1. The van der Waals surface area contributed by atoms with Gasteiger partial charge in [-0.1, -0.05) is 54.1 Å². The number of nitro groups is 1.